The van der Waals surface area contributed by atoms with Crippen LogP contribution in [0.15, 0.2) is 65.5 Å². The lowest BCUT2D eigenvalue weighted by Gasteiger charge is -2.23. The van der Waals surface area contributed by atoms with Gasteiger partial charge in [-0.3, -0.25) is 9.13 Å². The van der Waals surface area contributed by atoms with Crippen LogP contribution in [-0.2, 0) is 19.3 Å². The molecule has 1 aromatic heterocycles. The molecule has 3 aromatic carbocycles. The molecule has 6 nitrogen and oxygen atoms in total. The Morgan fingerprint density at radius 3 is 2.50 bits per heavy atom. The van der Waals surface area contributed by atoms with Crippen molar-refractivity contribution >= 4 is 16.7 Å². The summed E-state index contributed by atoms with van der Waals surface area (Å²) < 4.78 is 64.6. The molecular formula is C28H28F4N4O2. The molecule has 0 amide bonds. The quantitative estimate of drug-likeness (QED) is 0.336. The third-order valence-electron chi connectivity index (χ3n) is 7.10. The number of anilines is 1. The number of imidazole rings is 1. The second-order valence-corrected chi connectivity index (χ2v) is 9.39. The first-order chi connectivity index (χ1) is 18.2. The summed E-state index contributed by atoms with van der Waals surface area (Å²) in [6, 6.07) is 15.1. The van der Waals surface area contributed by atoms with Gasteiger partial charge in [0.2, 0.25) is 0 Å². The zero-order valence-corrected chi connectivity index (χ0v) is 21.1. The second-order valence-electron chi connectivity index (χ2n) is 9.39. The minimum Gasteiger partial charge on any atom is -0.494 e. The summed E-state index contributed by atoms with van der Waals surface area (Å²) in [5.74, 6) is 0.0571. The maximum absolute atomic E-state index is 14.9. The van der Waals surface area contributed by atoms with Crippen LogP contribution < -0.4 is 20.6 Å². The average molecular weight is 529 g/mol. The van der Waals surface area contributed by atoms with E-state index in [-0.39, 0.29) is 24.0 Å². The first kappa shape index (κ1) is 25.8. The molecule has 5 rings (SSSR count). The Bertz CT molecular complexity index is 1530. The van der Waals surface area contributed by atoms with Crippen LogP contribution in [0.2, 0.25) is 0 Å². The predicted octanol–water partition coefficient (Wildman–Crippen LogP) is 5.19. The Hall–Kier alpha value is -3.79. The van der Waals surface area contributed by atoms with E-state index in [1.807, 2.05) is 11.0 Å². The van der Waals surface area contributed by atoms with Gasteiger partial charge in [0.1, 0.15) is 17.1 Å². The first-order valence-electron chi connectivity index (χ1n) is 12.3. The summed E-state index contributed by atoms with van der Waals surface area (Å²) in [4.78, 5) is 15.8. The molecule has 0 spiro atoms. The average Bonchev–Trinajstić information content (AvgIpc) is 3.46. The van der Waals surface area contributed by atoms with Crippen molar-refractivity contribution in [2.24, 2.45) is 0 Å². The zero-order chi connectivity index (χ0) is 27.0. The van der Waals surface area contributed by atoms with Gasteiger partial charge in [0.15, 0.2) is 0 Å². The van der Waals surface area contributed by atoms with Crippen LogP contribution in [0.3, 0.4) is 0 Å². The molecule has 200 valence electrons. The van der Waals surface area contributed by atoms with E-state index >= 15 is 0 Å². The number of nitrogens with one attached hydrogen (secondary N) is 1. The first-order valence-corrected chi connectivity index (χ1v) is 12.3. The fourth-order valence-electron chi connectivity index (χ4n) is 5.48. The number of methoxy groups -OCH3 is 1. The number of alkyl halides is 3. The lowest BCUT2D eigenvalue weighted by molar-refractivity contribution is -0.138. The van der Waals surface area contributed by atoms with Crippen LogP contribution in [0.4, 0.5) is 23.2 Å². The number of aromatic nitrogens is 2. The summed E-state index contributed by atoms with van der Waals surface area (Å²) in [7, 11) is 3.25. The summed E-state index contributed by atoms with van der Waals surface area (Å²) >= 11 is 0. The minimum absolute atomic E-state index is 0.0110. The van der Waals surface area contributed by atoms with Crippen LogP contribution in [0.5, 0.6) is 5.75 Å². The van der Waals surface area contributed by atoms with Gasteiger partial charge in [0.05, 0.1) is 36.5 Å². The van der Waals surface area contributed by atoms with Gasteiger partial charge in [-0.05, 0) is 48.9 Å². The number of nitrogens with zero attached hydrogens (tertiary/aromatic N) is 3. The molecule has 1 atom stereocenters. The minimum atomic E-state index is -4.56. The maximum atomic E-state index is 14.9. The highest BCUT2D eigenvalue weighted by molar-refractivity contribution is 5.83. The molecule has 1 saturated heterocycles. The Labute approximate surface area is 217 Å². The van der Waals surface area contributed by atoms with Crippen molar-refractivity contribution in [3.8, 4) is 5.75 Å². The van der Waals surface area contributed by atoms with E-state index in [0.717, 1.165) is 11.6 Å². The summed E-state index contributed by atoms with van der Waals surface area (Å²) in [6.07, 6.45) is -3.98. The number of halogens is 4. The normalized spacial score (nSPS) is 15.9. The number of ether oxygens (including phenoxy) is 1. The third kappa shape index (κ3) is 4.53. The van der Waals surface area contributed by atoms with E-state index in [1.165, 1.54) is 35.9 Å². The summed E-state index contributed by atoms with van der Waals surface area (Å²) in [5, 5.41) is 3.06. The van der Waals surface area contributed by atoms with Crippen LogP contribution >= 0.6 is 0 Å². The van der Waals surface area contributed by atoms with Gasteiger partial charge >= 0.3 is 11.9 Å². The standard InChI is InChI=1S/C28H28F4N4O2/c1-33-15-18-8-5-10-22(29)25(18)34-14-13-20(17-34)36-23-11-6-12-24(38-2)26(23)35(27(36)37)16-19-7-3-4-9-21(19)28(30,31)32/h3-12,20,33H,13-17H2,1-2H3/t20-/m1/s1. The number of benzene rings is 3. The smallest absolute Gasteiger partial charge is 0.416 e. The fourth-order valence-corrected chi connectivity index (χ4v) is 5.48. The highest BCUT2D eigenvalue weighted by Crippen LogP contribution is 2.36. The number of para-hydroxylation sites is 2. The van der Waals surface area contributed by atoms with Crippen molar-refractivity contribution in [3.05, 3.63) is 93.7 Å². The van der Waals surface area contributed by atoms with E-state index in [9.17, 15) is 22.4 Å². The van der Waals surface area contributed by atoms with Crippen molar-refractivity contribution in [2.45, 2.75) is 31.7 Å². The van der Waals surface area contributed by atoms with Crippen molar-refractivity contribution < 1.29 is 22.3 Å². The predicted molar refractivity (Wildman–Crippen MR) is 138 cm³/mol. The van der Waals surface area contributed by atoms with Gasteiger partial charge in [-0.2, -0.15) is 13.2 Å². The number of hydrogen-bond acceptors (Lipinski definition) is 4. The van der Waals surface area contributed by atoms with Crippen molar-refractivity contribution in [1.82, 2.24) is 14.5 Å². The number of fused-ring (bicyclic) bond motifs is 1. The molecule has 0 unspecified atom stereocenters. The highest BCUT2D eigenvalue weighted by Gasteiger charge is 2.34. The van der Waals surface area contributed by atoms with Crippen LogP contribution in [0.1, 0.15) is 29.2 Å². The SMILES string of the molecule is CNCc1cccc(F)c1N1CC[C@@H](n2c(=O)n(Cc3ccccc3C(F)(F)F)c3c(OC)cccc32)C1. The molecule has 2 heterocycles. The van der Waals surface area contributed by atoms with E-state index in [4.69, 9.17) is 4.74 Å². The monoisotopic (exact) mass is 528 g/mol. The molecular weight excluding hydrogens is 500 g/mol. The lowest BCUT2D eigenvalue weighted by atomic mass is 10.1. The van der Waals surface area contributed by atoms with E-state index in [0.29, 0.717) is 48.5 Å². The zero-order valence-electron chi connectivity index (χ0n) is 21.1. The van der Waals surface area contributed by atoms with Gasteiger partial charge in [-0.25, -0.2) is 9.18 Å². The topological polar surface area (TPSA) is 51.4 Å². The Kier molecular flexibility index (Phi) is 6.92. The van der Waals surface area contributed by atoms with E-state index in [1.54, 1.807) is 35.9 Å². The van der Waals surface area contributed by atoms with Gasteiger partial charge in [0.25, 0.3) is 0 Å². The van der Waals surface area contributed by atoms with Gasteiger partial charge < -0.3 is 15.0 Å². The molecule has 0 radical (unpaired) electrons. The Balaban J connectivity index is 1.59. The molecule has 38 heavy (non-hydrogen) atoms. The molecule has 4 aromatic rings. The molecule has 0 aliphatic carbocycles. The maximum Gasteiger partial charge on any atom is 0.416 e. The molecule has 1 N–H and O–H groups in total. The number of rotatable bonds is 7. The van der Waals surface area contributed by atoms with Crippen LogP contribution in [-0.4, -0.2) is 36.4 Å². The second kappa shape index (κ2) is 10.2. The van der Waals surface area contributed by atoms with Crippen molar-refractivity contribution in [1.29, 1.82) is 0 Å². The molecule has 1 aliphatic rings. The molecule has 0 bridgehead atoms. The van der Waals surface area contributed by atoms with Crippen LogP contribution in [0, 0.1) is 5.82 Å². The summed E-state index contributed by atoms with van der Waals surface area (Å²) in [5.41, 5.74) is 1.07. The van der Waals surface area contributed by atoms with Crippen molar-refractivity contribution in [3.63, 3.8) is 0 Å². The van der Waals surface area contributed by atoms with Gasteiger partial charge in [0, 0.05) is 19.6 Å². The Morgan fingerprint density at radius 1 is 1.03 bits per heavy atom. The largest absolute Gasteiger partial charge is 0.494 e. The van der Waals surface area contributed by atoms with Crippen molar-refractivity contribution in [2.75, 3.05) is 32.1 Å². The van der Waals surface area contributed by atoms with Gasteiger partial charge in [-0.15, -0.1) is 0 Å². The van der Waals surface area contributed by atoms with Gasteiger partial charge in [-0.1, -0.05) is 36.4 Å². The lowest BCUT2D eigenvalue weighted by Crippen LogP contribution is -2.30. The fraction of sp³-hybridized carbons (Fsp3) is 0.321. The summed E-state index contributed by atoms with van der Waals surface area (Å²) in [6.45, 7) is 1.13. The molecule has 10 heteroatoms. The number of hydrogen-bond donors (Lipinski definition) is 1. The molecule has 0 saturated carbocycles. The Morgan fingerprint density at radius 2 is 1.76 bits per heavy atom. The molecule has 1 aliphatic heterocycles. The highest BCUT2D eigenvalue weighted by atomic mass is 19.4. The third-order valence-corrected chi connectivity index (χ3v) is 7.10. The van der Waals surface area contributed by atoms with E-state index < -0.39 is 17.4 Å². The van der Waals surface area contributed by atoms with Crippen LogP contribution in [0.25, 0.3) is 11.0 Å². The molecule has 1 fully saturated rings. The van der Waals surface area contributed by atoms with E-state index in [2.05, 4.69) is 5.32 Å².